The lowest BCUT2D eigenvalue weighted by atomic mass is 9.88. The molecule has 2 rings (SSSR count). The van der Waals surface area contributed by atoms with Crippen molar-refractivity contribution in [1.29, 1.82) is 0 Å². The van der Waals surface area contributed by atoms with Crippen molar-refractivity contribution in [1.82, 2.24) is 4.90 Å². The largest absolute Gasteiger partial charge is 0.480 e. The SMILES string of the molecule is CC1(C(=O)O)CCCCN1C(=O)c1ccc(Cl)c(Cl)c1. The van der Waals surface area contributed by atoms with Crippen molar-refractivity contribution in [3.05, 3.63) is 33.8 Å². The number of hydrogen-bond donors (Lipinski definition) is 1. The van der Waals surface area contributed by atoms with Crippen LogP contribution in [-0.4, -0.2) is 34.0 Å². The molecule has 1 unspecified atom stereocenters. The minimum Gasteiger partial charge on any atom is -0.480 e. The van der Waals surface area contributed by atoms with E-state index in [0.717, 1.165) is 12.8 Å². The first kappa shape index (κ1) is 15.1. The highest BCUT2D eigenvalue weighted by Gasteiger charge is 2.44. The molecule has 4 nitrogen and oxygen atoms in total. The summed E-state index contributed by atoms with van der Waals surface area (Å²) < 4.78 is 0. The summed E-state index contributed by atoms with van der Waals surface area (Å²) in [5.41, 5.74) is -0.810. The Labute approximate surface area is 127 Å². The molecule has 6 heteroatoms. The second-order valence-corrected chi connectivity index (χ2v) is 5.94. The highest BCUT2D eigenvalue weighted by Crippen LogP contribution is 2.31. The van der Waals surface area contributed by atoms with Gasteiger partial charge in [-0.2, -0.15) is 0 Å². The van der Waals surface area contributed by atoms with Crippen molar-refractivity contribution in [2.24, 2.45) is 0 Å². The van der Waals surface area contributed by atoms with E-state index in [1.807, 2.05) is 0 Å². The number of rotatable bonds is 2. The molecule has 0 spiro atoms. The van der Waals surface area contributed by atoms with Crippen molar-refractivity contribution in [3.8, 4) is 0 Å². The zero-order valence-electron chi connectivity index (χ0n) is 11.0. The Morgan fingerprint density at radius 1 is 1.25 bits per heavy atom. The van der Waals surface area contributed by atoms with Crippen LogP contribution in [0, 0.1) is 0 Å². The van der Waals surface area contributed by atoms with Gasteiger partial charge in [-0.15, -0.1) is 0 Å². The van der Waals surface area contributed by atoms with Crippen LogP contribution in [0.4, 0.5) is 0 Å². The molecule has 0 aromatic heterocycles. The Hall–Kier alpha value is -1.26. The number of hydrogen-bond acceptors (Lipinski definition) is 2. The van der Waals surface area contributed by atoms with Crippen molar-refractivity contribution in [3.63, 3.8) is 0 Å². The number of benzene rings is 1. The first-order valence-electron chi connectivity index (χ1n) is 6.36. The molecule has 1 N–H and O–H groups in total. The molecular weight excluding hydrogens is 301 g/mol. The van der Waals surface area contributed by atoms with Gasteiger partial charge in [0.25, 0.3) is 5.91 Å². The van der Waals surface area contributed by atoms with Gasteiger partial charge in [0.15, 0.2) is 0 Å². The summed E-state index contributed by atoms with van der Waals surface area (Å²) in [6.07, 6.45) is 2.05. The fraction of sp³-hybridized carbons (Fsp3) is 0.429. The maximum Gasteiger partial charge on any atom is 0.329 e. The second-order valence-electron chi connectivity index (χ2n) is 5.12. The third-order valence-electron chi connectivity index (χ3n) is 3.76. The predicted molar refractivity (Wildman–Crippen MR) is 77.4 cm³/mol. The average molecular weight is 316 g/mol. The quantitative estimate of drug-likeness (QED) is 0.909. The number of likely N-dealkylation sites (tertiary alicyclic amines) is 1. The third-order valence-corrected chi connectivity index (χ3v) is 4.50. The summed E-state index contributed by atoms with van der Waals surface area (Å²) in [5, 5.41) is 10.1. The normalized spacial score (nSPS) is 22.6. The number of carbonyl (C=O) groups is 2. The highest BCUT2D eigenvalue weighted by atomic mass is 35.5. The van der Waals surface area contributed by atoms with Crippen LogP contribution in [0.25, 0.3) is 0 Å². The van der Waals surface area contributed by atoms with Gasteiger partial charge in [0.2, 0.25) is 0 Å². The van der Waals surface area contributed by atoms with Gasteiger partial charge in [-0.3, -0.25) is 4.79 Å². The molecule has 0 radical (unpaired) electrons. The zero-order valence-corrected chi connectivity index (χ0v) is 12.5. The van der Waals surface area contributed by atoms with Crippen LogP contribution in [0.1, 0.15) is 36.5 Å². The molecule has 1 saturated heterocycles. The lowest BCUT2D eigenvalue weighted by molar-refractivity contribution is -0.150. The molecule has 1 aliphatic heterocycles. The molecule has 1 aromatic carbocycles. The van der Waals surface area contributed by atoms with Gasteiger partial charge >= 0.3 is 5.97 Å². The number of carboxylic acid groups (broad SMARTS) is 1. The molecule has 1 fully saturated rings. The summed E-state index contributed by atoms with van der Waals surface area (Å²) in [6, 6.07) is 4.58. The Kier molecular flexibility index (Phi) is 4.25. The van der Waals surface area contributed by atoms with E-state index >= 15 is 0 Å². The lowest BCUT2D eigenvalue weighted by Crippen LogP contribution is -2.57. The molecule has 0 aliphatic carbocycles. The minimum absolute atomic E-state index is 0.284. The van der Waals surface area contributed by atoms with E-state index in [-0.39, 0.29) is 10.9 Å². The van der Waals surface area contributed by atoms with Crippen LogP contribution in [-0.2, 0) is 4.79 Å². The molecule has 108 valence electrons. The van der Waals surface area contributed by atoms with Gasteiger partial charge in [0.1, 0.15) is 5.54 Å². The number of aliphatic carboxylic acids is 1. The Morgan fingerprint density at radius 3 is 2.55 bits per heavy atom. The standard InChI is InChI=1S/C14H15Cl2NO3/c1-14(13(19)20)6-2-3-7-17(14)12(18)9-4-5-10(15)11(16)8-9/h4-5,8H,2-3,6-7H2,1H3,(H,19,20). The Morgan fingerprint density at radius 2 is 1.95 bits per heavy atom. The van der Waals surface area contributed by atoms with E-state index < -0.39 is 11.5 Å². The first-order valence-corrected chi connectivity index (χ1v) is 7.12. The third kappa shape index (κ3) is 2.63. The summed E-state index contributed by atoms with van der Waals surface area (Å²) in [5.74, 6) is -1.31. The molecule has 1 aromatic rings. The molecule has 1 aliphatic rings. The van der Waals surface area contributed by atoms with Crippen molar-refractivity contribution >= 4 is 35.1 Å². The van der Waals surface area contributed by atoms with E-state index in [4.69, 9.17) is 23.2 Å². The van der Waals surface area contributed by atoms with Gasteiger partial charge < -0.3 is 10.0 Å². The highest BCUT2D eigenvalue weighted by molar-refractivity contribution is 6.42. The van der Waals surface area contributed by atoms with Crippen LogP contribution in [0.5, 0.6) is 0 Å². The summed E-state index contributed by atoms with van der Waals surface area (Å²) in [7, 11) is 0. The van der Waals surface area contributed by atoms with Gasteiger partial charge in [-0.25, -0.2) is 4.79 Å². The maximum absolute atomic E-state index is 12.5. The number of nitrogens with zero attached hydrogens (tertiary/aromatic N) is 1. The van der Waals surface area contributed by atoms with Gasteiger partial charge in [0.05, 0.1) is 10.0 Å². The molecular formula is C14H15Cl2NO3. The van der Waals surface area contributed by atoms with Gasteiger partial charge in [-0.05, 0) is 44.4 Å². The van der Waals surface area contributed by atoms with Crippen LogP contribution in [0.2, 0.25) is 10.0 Å². The monoisotopic (exact) mass is 315 g/mol. The summed E-state index contributed by atoms with van der Waals surface area (Å²) in [6.45, 7) is 2.02. The average Bonchev–Trinajstić information content (AvgIpc) is 2.41. The fourth-order valence-corrected chi connectivity index (χ4v) is 2.75. The van der Waals surface area contributed by atoms with Crippen molar-refractivity contribution in [2.45, 2.75) is 31.7 Å². The molecule has 0 bridgehead atoms. The van der Waals surface area contributed by atoms with E-state index in [1.165, 1.54) is 11.0 Å². The van der Waals surface area contributed by atoms with E-state index in [1.54, 1.807) is 19.1 Å². The Balaban J connectivity index is 2.35. The van der Waals surface area contributed by atoms with Crippen molar-refractivity contribution < 1.29 is 14.7 Å². The van der Waals surface area contributed by atoms with E-state index in [2.05, 4.69) is 0 Å². The van der Waals surface area contributed by atoms with Crippen LogP contribution < -0.4 is 0 Å². The molecule has 0 saturated carbocycles. The number of carbonyl (C=O) groups excluding carboxylic acids is 1. The van der Waals surface area contributed by atoms with Gasteiger partial charge in [-0.1, -0.05) is 23.2 Å². The lowest BCUT2D eigenvalue weighted by Gasteiger charge is -2.41. The van der Waals surface area contributed by atoms with Crippen molar-refractivity contribution in [2.75, 3.05) is 6.54 Å². The topological polar surface area (TPSA) is 57.6 Å². The zero-order chi connectivity index (χ0) is 14.9. The molecule has 1 amide bonds. The number of amides is 1. The minimum atomic E-state index is -1.17. The van der Waals surface area contributed by atoms with Crippen LogP contribution in [0.3, 0.4) is 0 Å². The number of carboxylic acids is 1. The van der Waals surface area contributed by atoms with E-state index in [0.29, 0.717) is 23.6 Å². The smallest absolute Gasteiger partial charge is 0.329 e. The molecule has 20 heavy (non-hydrogen) atoms. The Bertz CT molecular complexity index is 561. The molecule has 1 atom stereocenters. The first-order chi connectivity index (χ1) is 9.36. The number of halogens is 2. The van der Waals surface area contributed by atoms with Crippen LogP contribution in [0.15, 0.2) is 18.2 Å². The second kappa shape index (κ2) is 5.62. The summed E-state index contributed by atoms with van der Waals surface area (Å²) in [4.78, 5) is 25.5. The number of piperidine rings is 1. The van der Waals surface area contributed by atoms with E-state index in [9.17, 15) is 14.7 Å². The summed E-state index contributed by atoms with van der Waals surface area (Å²) >= 11 is 11.7. The van der Waals surface area contributed by atoms with Gasteiger partial charge in [0, 0.05) is 12.1 Å². The molecule has 1 heterocycles. The predicted octanol–water partition coefficient (Wildman–Crippen LogP) is 3.46. The maximum atomic E-state index is 12.5. The fourth-order valence-electron chi connectivity index (χ4n) is 2.45. The van der Waals surface area contributed by atoms with Crippen LogP contribution >= 0.6 is 23.2 Å².